The molecule has 0 unspecified atom stereocenters. The molecule has 0 aliphatic heterocycles. The molecule has 5 amide bonds. The van der Waals surface area contributed by atoms with Crippen molar-refractivity contribution in [1.82, 2.24) is 26.6 Å². The van der Waals surface area contributed by atoms with Crippen LogP contribution in [0.25, 0.3) is 0 Å². The lowest BCUT2D eigenvalue weighted by Gasteiger charge is -2.26. The van der Waals surface area contributed by atoms with E-state index in [1.807, 2.05) is 0 Å². The Morgan fingerprint density at radius 1 is 0.744 bits per heavy atom. The molecule has 0 fully saturated rings. The number of rotatable bonds is 16. The van der Waals surface area contributed by atoms with E-state index in [1.54, 1.807) is 44.2 Å². The highest BCUT2D eigenvalue weighted by Gasteiger charge is 2.30. The van der Waals surface area contributed by atoms with Gasteiger partial charge in [-0.2, -0.15) is 0 Å². The van der Waals surface area contributed by atoms with E-state index in [4.69, 9.17) is 15.9 Å². The molecule has 39 heavy (non-hydrogen) atoms. The SMILES string of the molecule is CC(C)[C@H](NC(=O)[C@@H](N)CC(=O)O)C(=O)N[C@@H](Cc1ccccc1)C(=O)NCC(=O)NCC(=O)NCC(=O)O. The van der Waals surface area contributed by atoms with E-state index in [9.17, 15) is 33.6 Å². The van der Waals surface area contributed by atoms with Gasteiger partial charge in [0, 0.05) is 6.42 Å². The minimum atomic E-state index is -1.38. The largest absolute Gasteiger partial charge is 0.481 e. The summed E-state index contributed by atoms with van der Waals surface area (Å²) in [6.45, 7) is 1.61. The molecule has 9 N–H and O–H groups in total. The first-order valence-electron chi connectivity index (χ1n) is 11.9. The first kappa shape index (κ1) is 32.5. The molecule has 3 atom stereocenters. The molecule has 0 spiro atoms. The number of benzene rings is 1. The third kappa shape index (κ3) is 13.0. The molecule has 0 bridgehead atoms. The van der Waals surface area contributed by atoms with Crippen molar-refractivity contribution in [1.29, 1.82) is 0 Å². The van der Waals surface area contributed by atoms with Gasteiger partial charge >= 0.3 is 11.9 Å². The lowest BCUT2D eigenvalue weighted by atomic mass is 10.0. The number of carboxylic acids is 2. The Morgan fingerprint density at radius 2 is 1.31 bits per heavy atom. The van der Waals surface area contributed by atoms with E-state index < -0.39 is 91.6 Å². The van der Waals surface area contributed by atoms with Crippen molar-refractivity contribution in [2.45, 2.75) is 44.8 Å². The molecular weight excluding hydrogens is 516 g/mol. The average Bonchev–Trinajstić information content (AvgIpc) is 2.87. The van der Waals surface area contributed by atoms with Gasteiger partial charge in [-0.15, -0.1) is 0 Å². The van der Waals surface area contributed by atoms with Gasteiger partial charge in [-0.25, -0.2) is 0 Å². The van der Waals surface area contributed by atoms with Crippen molar-refractivity contribution in [3.63, 3.8) is 0 Å². The number of aliphatic carboxylic acids is 2. The second-order valence-corrected chi connectivity index (χ2v) is 8.85. The summed E-state index contributed by atoms with van der Waals surface area (Å²) in [5, 5.41) is 29.0. The Morgan fingerprint density at radius 3 is 1.85 bits per heavy atom. The van der Waals surface area contributed by atoms with Crippen LogP contribution in [0.1, 0.15) is 25.8 Å². The second kappa shape index (κ2) is 16.3. The van der Waals surface area contributed by atoms with Crippen LogP contribution in [-0.4, -0.2) is 89.4 Å². The summed E-state index contributed by atoms with van der Waals surface area (Å²) in [7, 11) is 0. The molecule has 0 aliphatic carbocycles. The first-order valence-corrected chi connectivity index (χ1v) is 11.9. The summed E-state index contributed by atoms with van der Waals surface area (Å²) in [4.78, 5) is 83.2. The van der Waals surface area contributed by atoms with Crippen LogP contribution in [0.2, 0.25) is 0 Å². The first-order chi connectivity index (χ1) is 18.3. The molecule has 0 aromatic heterocycles. The number of hydrogen-bond acceptors (Lipinski definition) is 8. The Hall–Kier alpha value is -4.53. The van der Waals surface area contributed by atoms with Gasteiger partial charge in [0.15, 0.2) is 0 Å². The number of nitrogens with two attached hydrogens (primary N) is 1. The van der Waals surface area contributed by atoms with Gasteiger partial charge in [-0.1, -0.05) is 44.2 Å². The Balaban J connectivity index is 2.86. The van der Waals surface area contributed by atoms with Crippen molar-refractivity contribution >= 4 is 41.5 Å². The Kier molecular flexibility index (Phi) is 13.6. The second-order valence-electron chi connectivity index (χ2n) is 8.85. The zero-order valence-corrected chi connectivity index (χ0v) is 21.6. The zero-order chi connectivity index (χ0) is 29.5. The quantitative estimate of drug-likeness (QED) is 0.104. The van der Waals surface area contributed by atoms with Crippen LogP contribution >= 0.6 is 0 Å². The van der Waals surface area contributed by atoms with Gasteiger partial charge in [0.25, 0.3) is 0 Å². The summed E-state index contributed by atoms with van der Waals surface area (Å²) in [6, 6.07) is 4.98. The average molecular weight is 551 g/mol. The maximum Gasteiger partial charge on any atom is 0.322 e. The van der Waals surface area contributed by atoms with E-state index in [0.717, 1.165) is 0 Å². The molecule has 1 aromatic rings. The third-order valence-electron chi connectivity index (χ3n) is 5.20. The van der Waals surface area contributed by atoms with Crippen LogP contribution in [-0.2, 0) is 40.0 Å². The van der Waals surface area contributed by atoms with Gasteiger partial charge in [0.2, 0.25) is 29.5 Å². The monoisotopic (exact) mass is 550 g/mol. The predicted octanol–water partition coefficient (Wildman–Crippen LogP) is -2.91. The molecule has 0 saturated carbocycles. The molecule has 0 heterocycles. The summed E-state index contributed by atoms with van der Waals surface area (Å²) in [5.74, 6) is -6.77. The number of amides is 5. The van der Waals surface area contributed by atoms with Crippen LogP contribution in [0, 0.1) is 5.92 Å². The molecule has 0 saturated heterocycles. The van der Waals surface area contributed by atoms with E-state index in [-0.39, 0.29) is 6.42 Å². The van der Waals surface area contributed by atoms with Gasteiger partial charge in [-0.05, 0) is 11.5 Å². The van der Waals surface area contributed by atoms with Crippen LogP contribution in [0.3, 0.4) is 0 Å². The van der Waals surface area contributed by atoms with Gasteiger partial charge in [0.05, 0.1) is 25.6 Å². The molecule has 1 aromatic carbocycles. The fourth-order valence-corrected chi connectivity index (χ4v) is 3.17. The van der Waals surface area contributed by atoms with Crippen molar-refractivity contribution in [2.24, 2.45) is 11.7 Å². The molecule has 15 heteroatoms. The standard InChI is InChI=1S/C24H34N6O9/c1-13(2)21(30-22(37)15(25)9-19(33)34)24(39)29-16(8-14-6-4-3-5-7-14)23(38)28-11-18(32)26-10-17(31)27-12-20(35)36/h3-7,13,15-16,21H,8-12,25H2,1-2H3,(H,26,32)(H,27,31)(H,28,38)(H,29,39)(H,30,37)(H,33,34)(H,35,36)/t15-,16-,21-/m0/s1. The van der Waals surface area contributed by atoms with Crippen LogP contribution in [0.5, 0.6) is 0 Å². The van der Waals surface area contributed by atoms with Crippen molar-refractivity contribution in [3.05, 3.63) is 35.9 Å². The number of carboxylic acid groups (broad SMARTS) is 2. The Bertz CT molecular complexity index is 1050. The van der Waals surface area contributed by atoms with E-state index in [2.05, 4.69) is 26.6 Å². The van der Waals surface area contributed by atoms with Crippen molar-refractivity contribution < 1.29 is 43.8 Å². The molecular formula is C24H34N6O9. The van der Waals surface area contributed by atoms with E-state index >= 15 is 0 Å². The van der Waals surface area contributed by atoms with Gasteiger partial charge < -0.3 is 42.5 Å². The number of hydrogen-bond donors (Lipinski definition) is 8. The van der Waals surface area contributed by atoms with E-state index in [0.29, 0.717) is 5.56 Å². The van der Waals surface area contributed by atoms with Crippen LogP contribution < -0.4 is 32.3 Å². The highest BCUT2D eigenvalue weighted by atomic mass is 16.4. The number of nitrogens with one attached hydrogen (secondary N) is 5. The van der Waals surface area contributed by atoms with Gasteiger partial charge in [-0.3, -0.25) is 33.6 Å². The molecule has 214 valence electrons. The fraction of sp³-hybridized carbons (Fsp3) is 0.458. The third-order valence-corrected chi connectivity index (χ3v) is 5.20. The lowest BCUT2D eigenvalue weighted by Crippen LogP contribution is -2.58. The molecule has 0 aliphatic rings. The smallest absolute Gasteiger partial charge is 0.322 e. The van der Waals surface area contributed by atoms with Crippen LogP contribution in [0.15, 0.2) is 30.3 Å². The Labute approximate surface area is 224 Å². The topological polar surface area (TPSA) is 246 Å². The highest BCUT2D eigenvalue weighted by molar-refractivity contribution is 5.95. The minimum absolute atomic E-state index is 0.0366. The van der Waals surface area contributed by atoms with Gasteiger partial charge in [0.1, 0.15) is 18.6 Å². The molecule has 0 radical (unpaired) electrons. The van der Waals surface area contributed by atoms with E-state index in [1.165, 1.54) is 0 Å². The summed E-state index contributed by atoms with van der Waals surface area (Å²) >= 11 is 0. The summed E-state index contributed by atoms with van der Waals surface area (Å²) in [5.41, 5.74) is 6.27. The lowest BCUT2D eigenvalue weighted by molar-refractivity contribution is -0.140. The van der Waals surface area contributed by atoms with Crippen molar-refractivity contribution in [2.75, 3.05) is 19.6 Å². The molecule has 15 nitrogen and oxygen atoms in total. The molecule has 1 rings (SSSR count). The normalized spacial score (nSPS) is 12.8. The van der Waals surface area contributed by atoms with Crippen molar-refractivity contribution in [3.8, 4) is 0 Å². The zero-order valence-electron chi connectivity index (χ0n) is 21.6. The highest BCUT2D eigenvalue weighted by Crippen LogP contribution is 2.07. The fourth-order valence-electron chi connectivity index (χ4n) is 3.17. The number of carbonyl (C=O) groups excluding carboxylic acids is 5. The maximum absolute atomic E-state index is 13.1. The predicted molar refractivity (Wildman–Crippen MR) is 136 cm³/mol. The summed E-state index contributed by atoms with van der Waals surface area (Å²) in [6.07, 6.45) is -0.602. The number of carbonyl (C=O) groups is 7. The minimum Gasteiger partial charge on any atom is -0.481 e. The maximum atomic E-state index is 13.1. The van der Waals surface area contributed by atoms with Crippen LogP contribution in [0.4, 0.5) is 0 Å². The summed E-state index contributed by atoms with van der Waals surface area (Å²) < 4.78 is 0.